The van der Waals surface area contributed by atoms with Gasteiger partial charge in [-0.1, -0.05) is 22.8 Å². The highest BCUT2D eigenvalue weighted by Crippen LogP contribution is 2.50. The number of nitrogens with zero attached hydrogens (tertiary/aromatic N) is 1. The number of aryl methyl sites for hydroxylation is 1. The number of rotatable bonds is 5. The summed E-state index contributed by atoms with van der Waals surface area (Å²) in [4.78, 5) is 17.5. The van der Waals surface area contributed by atoms with Gasteiger partial charge < -0.3 is 10.2 Å². The fourth-order valence-electron chi connectivity index (χ4n) is 4.35. The highest BCUT2D eigenvalue weighted by Gasteiger charge is 2.62. The summed E-state index contributed by atoms with van der Waals surface area (Å²) >= 11 is 6.03. The first kappa shape index (κ1) is 26.3. The Bertz CT molecular complexity index is 1230. The highest BCUT2D eigenvalue weighted by molar-refractivity contribution is 6.30. The molecule has 0 aromatic heterocycles. The van der Waals surface area contributed by atoms with Crippen molar-refractivity contribution in [2.75, 3.05) is 0 Å². The number of carbonyl (C=O) groups excluding carboxylic acids is 1. The molecule has 2 aromatic rings. The van der Waals surface area contributed by atoms with Gasteiger partial charge in [-0.3, -0.25) is 4.79 Å². The third-order valence-corrected chi connectivity index (χ3v) is 6.68. The van der Waals surface area contributed by atoms with Crippen molar-refractivity contribution in [1.82, 2.24) is 5.32 Å². The van der Waals surface area contributed by atoms with Crippen molar-refractivity contribution < 1.29 is 36.0 Å². The van der Waals surface area contributed by atoms with E-state index in [1.165, 1.54) is 38.1 Å². The molecule has 0 unspecified atom stereocenters. The molecule has 1 atom stereocenters. The maximum absolute atomic E-state index is 14.5. The van der Waals surface area contributed by atoms with Crippen molar-refractivity contribution in [2.45, 2.75) is 69.4 Å². The van der Waals surface area contributed by atoms with Gasteiger partial charge in [0.15, 0.2) is 0 Å². The van der Waals surface area contributed by atoms with E-state index in [2.05, 4.69) is 10.5 Å². The van der Waals surface area contributed by atoms with Crippen LogP contribution < -0.4 is 5.32 Å². The molecule has 0 spiro atoms. The molecule has 1 aliphatic heterocycles. The second-order valence-corrected chi connectivity index (χ2v) is 10.2. The average molecular weight is 533 g/mol. The lowest BCUT2D eigenvalue weighted by Gasteiger charge is -2.35. The van der Waals surface area contributed by atoms with E-state index in [0.717, 1.165) is 12.1 Å². The zero-order valence-corrected chi connectivity index (χ0v) is 20.3. The molecule has 1 N–H and O–H groups in total. The molecular weight excluding hydrogens is 510 g/mol. The predicted octanol–water partition coefficient (Wildman–Crippen LogP) is 6.96. The van der Waals surface area contributed by atoms with Crippen LogP contribution in [-0.2, 0) is 16.1 Å². The van der Waals surface area contributed by atoms with Crippen LogP contribution in [0.15, 0.2) is 41.6 Å². The average Bonchev–Trinajstić information content (AvgIpc) is 3.18. The van der Waals surface area contributed by atoms with Gasteiger partial charge in [0.05, 0.1) is 5.71 Å². The molecule has 1 amide bonds. The molecule has 1 fully saturated rings. The van der Waals surface area contributed by atoms with Crippen LogP contribution in [0, 0.1) is 6.92 Å². The Morgan fingerprint density at radius 2 is 1.78 bits per heavy atom. The first-order chi connectivity index (χ1) is 16.5. The molecule has 4 nitrogen and oxygen atoms in total. The lowest BCUT2D eigenvalue weighted by Crippen LogP contribution is -2.50. The van der Waals surface area contributed by atoms with Gasteiger partial charge in [0.1, 0.15) is 5.67 Å². The van der Waals surface area contributed by atoms with E-state index in [9.17, 15) is 31.1 Å². The topological polar surface area (TPSA) is 50.7 Å². The van der Waals surface area contributed by atoms with Gasteiger partial charge in [-0.25, -0.2) is 13.2 Å². The number of carbonyl (C=O) groups is 1. The zero-order valence-electron chi connectivity index (χ0n) is 19.6. The minimum atomic E-state index is -4.92. The zero-order chi connectivity index (χ0) is 26.7. The number of benzene rings is 2. The third-order valence-electron chi connectivity index (χ3n) is 6.47. The van der Waals surface area contributed by atoms with Gasteiger partial charge in [-0.05, 0) is 67.8 Å². The quantitative estimate of drug-likeness (QED) is 0.423. The molecule has 194 valence electrons. The molecule has 2 aliphatic rings. The normalized spacial score (nSPS) is 22.0. The summed E-state index contributed by atoms with van der Waals surface area (Å²) in [6.07, 6.45) is -6.49. The first-order valence-corrected chi connectivity index (χ1v) is 11.5. The van der Waals surface area contributed by atoms with Crippen LogP contribution in [0.5, 0.6) is 0 Å². The molecule has 4 rings (SSSR count). The monoisotopic (exact) mass is 532 g/mol. The molecule has 1 heterocycles. The summed E-state index contributed by atoms with van der Waals surface area (Å²) < 4.78 is 83.7. The summed E-state index contributed by atoms with van der Waals surface area (Å²) in [7, 11) is 0. The largest absolute Gasteiger partial charge is 0.435 e. The number of oxime groups is 1. The standard InChI is InChI=1S/C25H23ClF6N2O2/c1-13-6-14(4-5-19(13)21(35)33-18-10-23(28,29)11-18)20-12-24(36-34-20,25(30,31)32)16-7-15(22(2,3)27)8-17(26)9-16/h4-9,18H,10-12H2,1-3H3,(H,33,35)/t24-/m0/s1. The van der Waals surface area contributed by atoms with E-state index in [-0.39, 0.29) is 27.4 Å². The van der Waals surface area contributed by atoms with Crippen molar-refractivity contribution in [2.24, 2.45) is 5.16 Å². The maximum Gasteiger partial charge on any atom is 0.435 e. The molecule has 1 aliphatic carbocycles. The van der Waals surface area contributed by atoms with E-state index in [4.69, 9.17) is 16.4 Å². The third kappa shape index (κ3) is 4.92. The van der Waals surface area contributed by atoms with Crippen LogP contribution in [0.1, 0.15) is 65.7 Å². The van der Waals surface area contributed by atoms with E-state index in [1.54, 1.807) is 6.92 Å². The minimum Gasteiger partial charge on any atom is -0.374 e. The van der Waals surface area contributed by atoms with Gasteiger partial charge >= 0.3 is 6.18 Å². The summed E-state index contributed by atoms with van der Waals surface area (Å²) in [5.74, 6) is -3.33. The Labute approximate surface area is 208 Å². The Balaban J connectivity index is 1.60. The fraction of sp³-hybridized carbons (Fsp3) is 0.440. The van der Waals surface area contributed by atoms with Gasteiger partial charge in [0.25, 0.3) is 17.4 Å². The second kappa shape index (κ2) is 8.68. The van der Waals surface area contributed by atoms with Crippen molar-refractivity contribution in [3.8, 4) is 0 Å². The molecular formula is C25H23ClF6N2O2. The van der Waals surface area contributed by atoms with Crippen molar-refractivity contribution in [1.29, 1.82) is 0 Å². The number of alkyl halides is 6. The van der Waals surface area contributed by atoms with Crippen LogP contribution in [0.4, 0.5) is 26.3 Å². The van der Waals surface area contributed by atoms with Gasteiger partial charge in [0.2, 0.25) is 0 Å². The maximum atomic E-state index is 14.5. The van der Waals surface area contributed by atoms with E-state index in [1.807, 2.05) is 0 Å². The van der Waals surface area contributed by atoms with Crippen molar-refractivity contribution >= 4 is 23.2 Å². The van der Waals surface area contributed by atoms with Gasteiger partial charge in [-0.2, -0.15) is 13.2 Å². The second-order valence-electron chi connectivity index (χ2n) is 9.80. The van der Waals surface area contributed by atoms with Crippen LogP contribution in [0.25, 0.3) is 0 Å². The summed E-state index contributed by atoms with van der Waals surface area (Å²) in [6, 6.07) is 7.06. The Morgan fingerprint density at radius 3 is 2.33 bits per heavy atom. The predicted molar refractivity (Wildman–Crippen MR) is 122 cm³/mol. The van der Waals surface area contributed by atoms with E-state index >= 15 is 0 Å². The smallest absolute Gasteiger partial charge is 0.374 e. The number of halogens is 7. The molecule has 36 heavy (non-hydrogen) atoms. The SMILES string of the molecule is Cc1cc(C2=NO[C@@](c3cc(Cl)cc(C(C)(C)F)c3)(C(F)(F)F)C2)ccc1C(=O)NC1CC(F)(F)C1. The first-order valence-electron chi connectivity index (χ1n) is 11.1. The highest BCUT2D eigenvalue weighted by atomic mass is 35.5. The van der Waals surface area contributed by atoms with Gasteiger partial charge in [0, 0.05) is 41.5 Å². The molecule has 11 heteroatoms. The molecule has 0 radical (unpaired) electrons. The Kier molecular flexibility index (Phi) is 6.34. The number of amides is 1. The molecule has 0 bridgehead atoms. The number of hydrogen-bond acceptors (Lipinski definition) is 3. The summed E-state index contributed by atoms with van der Waals surface area (Å²) in [5.41, 5.74) is -4.36. The summed E-state index contributed by atoms with van der Waals surface area (Å²) in [6.45, 7) is 3.99. The van der Waals surface area contributed by atoms with Crippen LogP contribution in [0.3, 0.4) is 0 Å². The van der Waals surface area contributed by atoms with Crippen LogP contribution >= 0.6 is 11.6 Å². The lowest BCUT2D eigenvalue weighted by atomic mass is 9.84. The number of hydrogen-bond donors (Lipinski definition) is 1. The van der Waals surface area contributed by atoms with Crippen LogP contribution in [0.2, 0.25) is 5.02 Å². The van der Waals surface area contributed by atoms with Gasteiger partial charge in [-0.15, -0.1) is 0 Å². The van der Waals surface area contributed by atoms with Crippen molar-refractivity contribution in [3.05, 3.63) is 69.2 Å². The van der Waals surface area contributed by atoms with Crippen molar-refractivity contribution in [3.63, 3.8) is 0 Å². The number of nitrogens with one attached hydrogen (secondary N) is 1. The van der Waals surface area contributed by atoms with Crippen LogP contribution in [-0.4, -0.2) is 29.8 Å². The Hall–Kier alpha value is -2.75. The van der Waals surface area contributed by atoms with E-state index < -0.39 is 54.6 Å². The van der Waals surface area contributed by atoms with E-state index in [0.29, 0.717) is 11.1 Å². The molecule has 2 aromatic carbocycles. The Morgan fingerprint density at radius 1 is 1.11 bits per heavy atom. The fourth-order valence-corrected chi connectivity index (χ4v) is 4.58. The lowest BCUT2D eigenvalue weighted by molar-refractivity contribution is -0.275. The molecule has 0 saturated heterocycles. The molecule has 1 saturated carbocycles. The minimum absolute atomic E-state index is 0.0259. The summed E-state index contributed by atoms with van der Waals surface area (Å²) in [5, 5.41) is 6.15.